The molecule has 6 nitrogen and oxygen atoms in total. The van der Waals surface area contributed by atoms with Crippen LogP contribution in [0.25, 0.3) is 0 Å². The van der Waals surface area contributed by atoms with Gasteiger partial charge in [-0.25, -0.2) is 4.21 Å². The third-order valence-corrected chi connectivity index (χ3v) is 5.29. The van der Waals surface area contributed by atoms with Crippen molar-refractivity contribution in [2.45, 2.75) is 75.5 Å². The predicted octanol–water partition coefficient (Wildman–Crippen LogP) is 2.05. The Morgan fingerprint density at radius 2 is 1.96 bits per heavy atom. The van der Waals surface area contributed by atoms with Crippen LogP contribution in [0.15, 0.2) is 29.2 Å². The molecule has 0 aromatic heterocycles. The number of benzene rings is 1. The van der Waals surface area contributed by atoms with Crippen molar-refractivity contribution in [3.8, 4) is 0 Å². The van der Waals surface area contributed by atoms with Gasteiger partial charge < -0.3 is 19.3 Å². The van der Waals surface area contributed by atoms with E-state index in [0.29, 0.717) is 11.3 Å². The van der Waals surface area contributed by atoms with Crippen LogP contribution in [0.2, 0.25) is 0 Å². The highest BCUT2D eigenvalue weighted by Gasteiger charge is 2.57. The molecule has 0 bridgehead atoms. The molecule has 7 heteroatoms. The van der Waals surface area contributed by atoms with Gasteiger partial charge in [-0.15, -0.1) is 0 Å². The molecule has 2 saturated heterocycles. The Morgan fingerprint density at radius 3 is 2.58 bits per heavy atom. The second-order valence-corrected chi connectivity index (χ2v) is 7.79. The number of rotatable bonds is 5. The smallest absolute Gasteiger partial charge is 0.190 e. The molecule has 1 aromatic carbocycles. The highest BCUT2D eigenvalue weighted by Crippen LogP contribution is 2.40. The number of ether oxygens (including phenoxy) is 3. The number of aliphatic hydroxyl groups is 1. The van der Waals surface area contributed by atoms with Crippen LogP contribution in [0, 0.1) is 6.92 Å². The van der Waals surface area contributed by atoms with Crippen molar-refractivity contribution < 1.29 is 27.7 Å². The Kier molecular flexibility index (Phi) is 5.11. The zero-order valence-corrected chi connectivity index (χ0v) is 15.1. The molecule has 2 aliphatic rings. The Bertz CT molecular complexity index is 602. The summed E-state index contributed by atoms with van der Waals surface area (Å²) in [5.41, 5.74) is 1.08. The Morgan fingerprint density at radius 1 is 1.29 bits per heavy atom. The van der Waals surface area contributed by atoms with Gasteiger partial charge in [0, 0.05) is 0 Å². The van der Waals surface area contributed by atoms with Gasteiger partial charge in [-0.2, -0.15) is 0 Å². The lowest BCUT2D eigenvalue weighted by Gasteiger charge is -2.27. The standard InChI is InChI=1S/C17H24O6S/c1-5-12(18)13-14(15-16(20-13)22-17(3,4)21-15)23-24(19)11-8-6-10(2)7-9-11/h6-9,12-16,18H,5H2,1-4H3/t12?,13-,14+,15-,16-,24?/m1/s1. The van der Waals surface area contributed by atoms with E-state index < -0.39 is 47.6 Å². The first-order valence-corrected chi connectivity index (χ1v) is 9.23. The molecule has 6 atom stereocenters. The van der Waals surface area contributed by atoms with Crippen molar-refractivity contribution in [1.29, 1.82) is 0 Å². The van der Waals surface area contributed by atoms with Crippen LogP contribution >= 0.6 is 0 Å². The van der Waals surface area contributed by atoms with Gasteiger partial charge in [0.2, 0.25) is 0 Å². The monoisotopic (exact) mass is 356 g/mol. The summed E-state index contributed by atoms with van der Waals surface area (Å²) < 4.78 is 35.7. The lowest BCUT2D eigenvalue weighted by molar-refractivity contribution is -0.223. The quantitative estimate of drug-likeness (QED) is 0.870. The number of fused-ring (bicyclic) bond motifs is 1. The van der Waals surface area contributed by atoms with Crippen LogP contribution < -0.4 is 0 Å². The molecule has 0 amide bonds. The van der Waals surface area contributed by atoms with Gasteiger partial charge in [-0.1, -0.05) is 24.6 Å². The minimum atomic E-state index is -1.68. The van der Waals surface area contributed by atoms with Crippen LogP contribution in [-0.4, -0.2) is 45.8 Å². The maximum absolute atomic E-state index is 12.6. The summed E-state index contributed by atoms with van der Waals surface area (Å²) in [5.74, 6) is -0.801. The third-order valence-electron chi connectivity index (χ3n) is 4.24. The average molecular weight is 356 g/mol. The molecule has 1 aromatic rings. The summed E-state index contributed by atoms with van der Waals surface area (Å²) in [6.07, 6.45) is -2.73. The van der Waals surface area contributed by atoms with Crippen molar-refractivity contribution in [3.63, 3.8) is 0 Å². The molecule has 0 radical (unpaired) electrons. The summed E-state index contributed by atoms with van der Waals surface area (Å²) in [6, 6.07) is 7.28. The van der Waals surface area contributed by atoms with E-state index >= 15 is 0 Å². The van der Waals surface area contributed by atoms with Gasteiger partial charge in [-0.05, 0) is 39.3 Å². The van der Waals surface area contributed by atoms with Crippen LogP contribution in [0.1, 0.15) is 32.8 Å². The minimum absolute atomic E-state index is 0.491. The fourth-order valence-electron chi connectivity index (χ4n) is 2.96. The van der Waals surface area contributed by atoms with Crippen molar-refractivity contribution in [3.05, 3.63) is 29.8 Å². The molecule has 2 aliphatic heterocycles. The average Bonchev–Trinajstić information content (AvgIpc) is 3.00. The normalized spacial score (nSPS) is 34.0. The SMILES string of the molecule is CCC(O)[C@H]1O[C@@H]2OC(C)(C)O[C@@H]2[C@H]1OS(=O)c1ccc(C)cc1. The van der Waals surface area contributed by atoms with E-state index in [0.717, 1.165) is 5.56 Å². The molecule has 134 valence electrons. The topological polar surface area (TPSA) is 74.2 Å². The number of aliphatic hydroxyl groups excluding tert-OH is 1. The Hall–Kier alpha value is -0.830. The first-order valence-electron chi connectivity index (χ1n) is 8.15. The van der Waals surface area contributed by atoms with Crippen LogP contribution in [0.4, 0.5) is 0 Å². The molecule has 0 aliphatic carbocycles. The molecule has 2 fully saturated rings. The molecule has 0 saturated carbocycles. The first-order chi connectivity index (χ1) is 11.3. The number of hydrogen-bond donors (Lipinski definition) is 1. The first kappa shape index (κ1) is 18.0. The Labute approximate surface area is 144 Å². The van der Waals surface area contributed by atoms with Gasteiger partial charge >= 0.3 is 0 Å². The largest absolute Gasteiger partial charge is 0.390 e. The fourth-order valence-corrected chi connectivity index (χ4v) is 3.85. The lowest BCUT2D eigenvalue weighted by Crippen LogP contribution is -2.42. The van der Waals surface area contributed by atoms with Gasteiger partial charge in [0.1, 0.15) is 18.3 Å². The number of aryl methyl sites for hydroxylation is 1. The van der Waals surface area contributed by atoms with E-state index in [1.807, 2.05) is 26.0 Å². The lowest BCUT2D eigenvalue weighted by atomic mass is 10.0. The van der Waals surface area contributed by atoms with E-state index in [4.69, 9.17) is 18.4 Å². The highest BCUT2D eigenvalue weighted by molar-refractivity contribution is 7.80. The molecule has 2 unspecified atom stereocenters. The zero-order valence-electron chi connectivity index (χ0n) is 14.3. The molecule has 1 N–H and O–H groups in total. The summed E-state index contributed by atoms with van der Waals surface area (Å²) in [4.78, 5) is 0.562. The highest BCUT2D eigenvalue weighted by atomic mass is 32.2. The van der Waals surface area contributed by atoms with E-state index in [1.54, 1.807) is 26.0 Å². The molecular formula is C17H24O6S. The molecule has 0 spiro atoms. The van der Waals surface area contributed by atoms with Gasteiger partial charge in [0.25, 0.3) is 0 Å². The van der Waals surface area contributed by atoms with Crippen molar-refractivity contribution in [2.24, 2.45) is 0 Å². The molecular weight excluding hydrogens is 332 g/mol. The molecule has 24 heavy (non-hydrogen) atoms. The summed E-state index contributed by atoms with van der Waals surface area (Å²) in [7, 11) is 0. The molecule has 2 heterocycles. The maximum atomic E-state index is 12.6. The van der Waals surface area contributed by atoms with Crippen LogP contribution in [0.5, 0.6) is 0 Å². The van der Waals surface area contributed by atoms with Crippen molar-refractivity contribution in [2.75, 3.05) is 0 Å². The summed E-state index contributed by atoms with van der Waals surface area (Å²) in [5, 5.41) is 10.2. The van der Waals surface area contributed by atoms with E-state index in [1.165, 1.54) is 0 Å². The van der Waals surface area contributed by atoms with Gasteiger partial charge in [-0.3, -0.25) is 4.18 Å². The van der Waals surface area contributed by atoms with Crippen LogP contribution in [0.3, 0.4) is 0 Å². The second-order valence-electron chi connectivity index (χ2n) is 6.65. The van der Waals surface area contributed by atoms with Crippen molar-refractivity contribution in [1.82, 2.24) is 0 Å². The van der Waals surface area contributed by atoms with Crippen LogP contribution in [-0.2, 0) is 29.5 Å². The molecule has 3 rings (SSSR count). The second kappa shape index (κ2) is 6.82. The Balaban J connectivity index is 1.78. The van der Waals surface area contributed by atoms with Gasteiger partial charge in [0.15, 0.2) is 23.2 Å². The van der Waals surface area contributed by atoms with E-state index in [2.05, 4.69) is 0 Å². The van der Waals surface area contributed by atoms with Gasteiger partial charge in [0.05, 0.1) is 11.0 Å². The maximum Gasteiger partial charge on any atom is 0.190 e. The fraction of sp³-hybridized carbons (Fsp3) is 0.647. The number of hydrogen-bond acceptors (Lipinski definition) is 6. The van der Waals surface area contributed by atoms with Crippen molar-refractivity contribution >= 4 is 11.1 Å². The van der Waals surface area contributed by atoms with E-state index in [9.17, 15) is 9.32 Å². The summed E-state index contributed by atoms with van der Waals surface area (Å²) in [6.45, 7) is 7.38. The van der Waals surface area contributed by atoms with E-state index in [-0.39, 0.29) is 0 Å². The predicted molar refractivity (Wildman–Crippen MR) is 87.5 cm³/mol. The minimum Gasteiger partial charge on any atom is -0.390 e. The third kappa shape index (κ3) is 3.56. The zero-order chi connectivity index (χ0) is 17.5. The summed E-state index contributed by atoms with van der Waals surface area (Å²) >= 11 is -1.68.